The largest absolute Gasteiger partial charge is 0.463 e. The van der Waals surface area contributed by atoms with Crippen LogP contribution in [0.5, 0.6) is 0 Å². The first-order valence-corrected chi connectivity index (χ1v) is 6.20. The summed E-state index contributed by atoms with van der Waals surface area (Å²) in [6.45, 7) is 11.4. The molecule has 0 saturated heterocycles. The van der Waals surface area contributed by atoms with E-state index in [1.807, 2.05) is 0 Å². The lowest BCUT2D eigenvalue weighted by atomic mass is 10.2. The highest BCUT2D eigenvalue weighted by molar-refractivity contribution is 5.81. The summed E-state index contributed by atoms with van der Waals surface area (Å²) in [7, 11) is 0. The van der Waals surface area contributed by atoms with Gasteiger partial charge in [0.25, 0.3) is 0 Å². The van der Waals surface area contributed by atoms with Crippen LogP contribution in [-0.2, 0) is 19.1 Å². The second kappa shape index (κ2) is 15.4. The zero-order chi connectivity index (χ0) is 14.2. The van der Waals surface area contributed by atoms with Crippen molar-refractivity contribution in [3.8, 4) is 0 Å². The normalized spacial score (nSPS) is 8.56. The number of carbonyl (C=O) groups is 2. The van der Waals surface area contributed by atoms with E-state index in [-0.39, 0.29) is 11.9 Å². The Kier molecular flexibility index (Phi) is 16.1. The molecule has 0 amide bonds. The number of hydrogen-bond acceptors (Lipinski definition) is 4. The standard InChI is InChI=1S/C9H16O2.C5H8O2/c1-3-5-6-7-8-11-9(10)4-2;1-3-5(6)7-4-2/h4H,2-3,5-8H2,1H3;3H,1,4H2,2H3. The minimum atomic E-state index is -0.359. The second-order valence-electron chi connectivity index (χ2n) is 3.39. The average molecular weight is 256 g/mol. The molecule has 0 aliphatic carbocycles. The molecule has 0 saturated carbocycles. The lowest BCUT2D eigenvalue weighted by Gasteiger charge is -1.99. The van der Waals surface area contributed by atoms with Gasteiger partial charge in [0.1, 0.15) is 0 Å². The summed E-state index contributed by atoms with van der Waals surface area (Å²) in [6, 6.07) is 0. The van der Waals surface area contributed by atoms with Gasteiger partial charge in [0, 0.05) is 12.2 Å². The SMILES string of the molecule is C=CC(=O)OCC.C=CC(=O)OCCCCCC. The number of carbonyl (C=O) groups excluding carboxylic acids is 2. The van der Waals surface area contributed by atoms with Gasteiger partial charge in [-0.1, -0.05) is 39.3 Å². The van der Waals surface area contributed by atoms with Crippen LogP contribution in [0.2, 0.25) is 0 Å². The van der Waals surface area contributed by atoms with Crippen LogP contribution in [0.3, 0.4) is 0 Å². The first-order chi connectivity index (χ1) is 8.62. The van der Waals surface area contributed by atoms with Gasteiger partial charge in [0.05, 0.1) is 13.2 Å². The quantitative estimate of drug-likeness (QED) is 0.380. The van der Waals surface area contributed by atoms with Gasteiger partial charge in [0.2, 0.25) is 0 Å². The topological polar surface area (TPSA) is 52.6 Å². The fraction of sp³-hybridized carbons (Fsp3) is 0.571. The van der Waals surface area contributed by atoms with Crippen molar-refractivity contribution in [3.63, 3.8) is 0 Å². The minimum absolute atomic E-state index is 0.318. The van der Waals surface area contributed by atoms with E-state index < -0.39 is 0 Å². The average Bonchev–Trinajstić information content (AvgIpc) is 2.39. The van der Waals surface area contributed by atoms with Crippen molar-refractivity contribution >= 4 is 11.9 Å². The van der Waals surface area contributed by atoms with E-state index in [0.717, 1.165) is 18.9 Å². The Morgan fingerprint density at radius 2 is 1.50 bits per heavy atom. The zero-order valence-electron chi connectivity index (χ0n) is 11.4. The van der Waals surface area contributed by atoms with E-state index in [1.165, 1.54) is 18.9 Å². The van der Waals surface area contributed by atoms with Gasteiger partial charge < -0.3 is 9.47 Å². The third kappa shape index (κ3) is 16.8. The van der Waals surface area contributed by atoms with Gasteiger partial charge in [-0.2, -0.15) is 0 Å². The summed E-state index contributed by atoms with van der Waals surface area (Å²) in [6.07, 6.45) is 6.86. The van der Waals surface area contributed by atoms with Crippen LogP contribution in [-0.4, -0.2) is 25.2 Å². The summed E-state index contributed by atoms with van der Waals surface area (Å²) < 4.78 is 9.21. The van der Waals surface area contributed by atoms with Crippen LogP contribution in [0.25, 0.3) is 0 Å². The molecule has 0 radical (unpaired) electrons. The molecule has 0 unspecified atom stereocenters. The first-order valence-electron chi connectivity index (χ1n) is 6.20. The minimum Gasteiger partial charge on any atom is -0.463 e. The van der Waals surface area contributed by atoms with Gasteiger partial charge in [-0.05, 0) is 13.3 Å². The number of esters is 2. The molecule has 0 aromatic heterocycles. The number of ether oxygens (including phenoxy) is 2. The van der Waals surface area contributed by atoms with Crippen molar-refractivity contribution in [2.24, 2.45) is 0 Å². The highest BCUT2D eigenvalue weighted by Crippen LogP contribution is 1.98. The Morgan fingerprint density at radius 1 is 0.944 bits per heavy atom. The summed E-state index contributed by atoms with van der Waals surface area (Å²) >= 11 is 0. The van der Waals surface area contributed by atoms with Gasteiger partial charge in [-0.15, -0.1) is 0 Å². The molecule has 0 fully saturated rings. The molecule has 104 valence electrons. The van der Waals surface area contributed by atoms with E-state index in [1.54, 1.807) is 6.92 Å². The first kappa shape index (κ1) is 18.8. The maximum absolute atomic E-state index is 10.5. The molecule has 0 aromatic carbocycles. The molecule has 0 bridgehead atoms. The summed E-state index contributed by atoms with van der Waals surface area (Å²) in [4.78, 5) is 20.6. The van der Waals surface area contributed by atoms with Crippen molar-refractivity contribution in [3.05, 3.63) is 25.3 Å². The monoisotopic (exact) mass is 256 g/mol. The van der Waals surface area contributed by atoms with Crippen LogP contribution in [0.1, 0.15) is 39.5 Å². The van der Waals surface area contributed by atoms with Crippen molar-refractivity contribution in [1.82, 2.24) is 0 Å². The number of hydrogen-bond donors (Lipinski definition) is 0. The van der Waals surface area contributed by atoms with E-state index in [9.17, 15) is 9.59 Å². The molecular formula is C14H24O4. The zero-order valence-corrected chi connectivity index (χ0v) is 11.4. The molecule has 0 aliphatic heterocycles. The van der Waals surface area contributed by atoms with Crippen LogP contribution >= 0.6 is 0 Å². The van der Waals surface area contributed by atoms with Gasteiger partial charge in [-0.3, -0.25) is 0 Å². The smallest absolute Gasteiger partial charge is 0.330 e. The Labute approximate surface area is 110 Å². The van der Waals surface area contributed by atoms with E-state index in [2.05, 4.69) is 24.8 Å². The molecule has 0 N–H and O–H groups in total. The van der Waals surface area contributed by atoms with Gasteiger partial charge in [0.15, 0.2) is 0 Å². The molecule has 0 aliphatic rings. The maximum atomic E-state index is 10.5. The Hall–Kier alpha value is -1.58. The van der Waals surface area contributed by atoms with Crippen LogP contribution in [0.4, 0.5) is 0 Å². The maximum Gasteiger partial charge on any atom is 0.330 e. The van der Waals surface area contributed by atoms with Crippen molar-refractivity contribution in [2.75, 3.05) is 13.2 Å². The van der Waals surface area contributed by atoms with Crippen molar-refractivity contribution in [1.29, 1.82) is 0 Å². The lowest BCUT2D eigenvalue weighted by Crippen LogP contribution is -2.01. The number of unbranched alkanes of at least 4 members (excludes halogenated alkanes) is 3. The molecule has 0 heterocycles. The van der Waals surface area contributed by atoms with Crippen molar-refractivity contribution in [2.45, 2.75) is 39.5 Å². The highest BCUT2D eigenvalue weighted by atomic mass is 16.5. The third-order valence-corrected chi connectivity index (χ3v) is 1.86. The molecule has 0 rings (SSSR count). The van der Waals surface area contributed by atoms with Crippen LogP contribution in [0.15, 0.2) is 25.3 Å². The van der Waals surface area contributed by atoms with Gasteiger partial charge >= 0.3 is 11.9 Å². The van der Waals surface area contributed by atoms with Crippen LogP contribution in [0, 0.1) is 0 Å². The molecule has 18 heavy (non-hydrogen) atoms. The van der Waals surface area contributed by atoms with E-state index in [4.69, 9.17) is 4.74 Å². The fourth-order valence-corrected chi connectivity index (χ4v) is 0.962. The molecule has 4 nitrogen and oxygen atoms in total. The van der Waals surface area contributed by atoms with Crippen molar-refractivity contribution < 1.29 is 19.1 Å². The molecule has 0 spiro atoms. The number of rotatable bonds is 8. The Bertz CT molecular complexity index is 246. The summed E-state index contributed by atoms with van der Waals surface area (Å²) in [5, 5.41) is 0. The third-order valence-electron chi connectivity index (χ3n) is 1.86. The predicted octanol–water partition coefficient (Wildman–Crippen LogP) is 3.03. The predicted molar refractivity (Wildman–Crippen MR) is 72.1 cm³/mol. The second-order valence-corrected chi connectivity index (χ2v) is 3.39. The Balaban J connectivity index is 0. The van der Waals surface area contributed by atoms with E-state index >= 15 is 0 Å². The van der Waals surface area contributed by atoms with Gasteiger partial charge in [-0.25, -0.2) is 9.59 Å². The molecule has 4 heteroatoms. The fourth-order valence-electron chi connectivity index (χ4n) is 0.962. The van der Waals surface area contributed by atoms with Crippen LogP contribution < -0.4 is 0 Å². The summed E-state index contributed by atoms with van der Waals surface area (Å²) in [5.41, 5.74) is 0. The lowest BCUT2D eigenvalue weighted by molar-refractivity contribution is -0.138. The highest BCUT2D eigenvalue weighted by Gasteiger charge is 1.93. The van der Waals surface area contributed by atoms with E-state index in [0.29, 0.717) is 13.2 Å². The molecule has 0 aromatic rings. The molecular weight excluding hydrogens is 232 g/mol. The molecule has 0 atom stereocenters. The Morgan fingerprint density at radius 3 is 1.89 bits per heavy atom. The summed E-state index contributed by atoms with van der Waals surface area (Å²) in [5.74, 6) is -0.677.